The Balaban J connectivity index is 1.62. The topological polar surface area (TPSA) is 64.8 Å². The summed E-state index contributed by atoms with van der Waals surface area (Å²) >= 11 is 6.15. The molecule has 1 aliphatic rings. The number of carbonyl (C=O) groups excluding carboxylic acids is 2. The Labute approximate surface area is 171 Å². The van der Waals surface area contributed by atoms with E-state index in [2.05, 4.69) is 14.8 Å². The number of nitrogens with zero attached hydrogens (tertiary/aromatic N) is 3. The Morgan fingerprint density at radius 2 is 1.79 bits per heavy atom. The fourth-order valence-corrected chi connectivity index (χ4v) is 3.57. The van der Waals surface area contributed by atoms with Crippen LogP contribution < -0.4 is 0 Å². The van der Waals surface area contributed by atoms with Gasteiger partial charge in [0, 0.05) is 49.1 Å². The first kappa shape index (κ1) is 20.7. The van der Waals surface area contributed by atoms with E-state index in [4.69, 9.17) is 11.6 Å². The predicted octanol–water partition coefficient (Wildman–Crippen LogP) is 4.48. The number of aromatic nitrogens is 3. The third-order valence-corrected chi connectivity index (χ3v) is 5.79. The lowest BCUT2D eigenvalue weighted by Crippen LogP contribution is -2.13. The molecule has 6 heteroatoms. The molecule has 0 unspecified atom stereocenters. The van der Waals surface area contributed by atoms with Crippen LogP contribution in [0, 0.1) is 12.8 Å². The highest BCUT2D eigenvalue weighted by Crippen LogP contribution is 2.37. The van der Waals surface area contributed by atoms with Gasteiger partial charge in [-0.2, -0.15) is 0 Å². The zero-order valence-corrected chi connectivity index (χ0v) is 17.6. The van der Waals surface area contributed by atoms with Crippen LogP contribution in [-0.4, -0.2) is 26.3 Å². The van der Waals surface area contributed by atoms with Gasteiger partial charge in [0.15, 0.2) is 0 Å². The fourth-order valence-electron chi connectivity index (χ4n) is 3.38. The minimum Gasteiger partial charge on any atom is -0.312 e. The molecule has 28 heavy (non-hydrogen) atoms. The molecule has 1 aromatic heterocycles. The summed E-state index contributed by atoms with van der Waals surface area (Å²) in [6.07, 6.45) is 4.75. The Morgan fingerprint density at radius 1 is 1.14 bits per heavy atom. The van der Waals surface area contributed by atoms with E-state index in [-0.39, 0.29) is 17.5 Å². The van der Waals surface area contributed by atoms with Crippen LogP contribution in [0.4, 0.5) is 0 Å². The molecule has 1 heterocycles. The van der Waals surface area contributed by atoms with Crippen molar-refractivity contribution in [3.8, 4) is 0 Å². The minimum atomic E-state index is 0.0457. The summed E-state index contributed by atoms with van der Waals surface area (Å²) in [7, 11) is 0. The Bertz CT molecular complexity index is 869. The zero-order chi connectivity index (χ0) is 20.3. The summed E-state index contributed by atoms with van der Waals surface area (Å²) in [6.45, 7) is 5.79. The first-order valence-corrected chi connectivity index (χ1v) is 10.5. The maximum Gasteiger partial charge on any atom is 0.137 e. The third kappa shape index (κ3) is 5.07. The standard InChI is InChI=1S/C22H28ClN3O2/c1-14(2)20(28)10-12-22-25-24-21(26(22)17-7-8-17)11-9-18(27)13-16-5-4-6-19(23)15(16)3/h4-6,14,17H,7-13H2,1-3H3. The van der Waals surface area contributed by atoms with Gasteiger partial charge in [-0.1, -0.05) is 37.6 Å². The van der Waals surface area contributed by atoms with Crippen molar-refractivity contribution < 1.29 is 9.59 Å². The smallest absolute Gasteiger partial charge is 0.137 e. The summed E-state index contributed by atoms with van der Waals surface area (Å²) in [5, 5.41) is 9.36. The third-order valence-electron chi connectivity index (χ3n) is 5.38. The van der Waals surface area contributed by atoms with Crippen LogP contribution in [0.3, 0.4) is 0 Å². The van der Waals surface area contributed by atoms with Gasteiger partial charge in [0.2, 0.25) is 0 Å². The van der Waals surface area contributed by atoms with E-state index in [1.807, 2.05) is 39.0 Å². The summed E-state index contributed by atoms with van der Waals surface area (Å²) in [5.74, 6) is 2.21. The Hall–Kier alpha value is -2.01. The number of benzene rings is 1. The number of rotatable bonds is 10. The Kier molecular flexibility index (Phi) is 6.65. The molecule has 0 N–H and O–H groups in total. The van der Waals surface area contributed by atoms with E-state index in [0.29, 0.717) is 43.2 Å². The van der Waals surface area contributed by atoms with Crippen molar-refractivity contribution in [2.24, 2.45) is 5.92 Å². The van der Waals surface area contributed by atoms with Gasteiger partial charge in [0.1, 0.15) is 23.2 Å². The molecule has 1 aromatic carbocycles. The normalized spacial score (nSPS) is 13.9. The molecular formula is C22H28ClN3O2. The zero-order valence-electron chi connectivity index (χ0n) is 16.9. The second-order valence-electron chi connectivity index (χ2n) is 7.99. The van der Waals surface area contributed by atoms with Crippen LogP contribution >= 0.6 is 11.6 Å². The van der Waals surface area contributed by atoms with E-state index >= 15 is 0 Å². The molecule has 0 radical (unpaired) electrons. The molecule has 150 valence electrons. The summed E-state index contributed by atoms with van der Waals surface area (Å²) < 4.78 is 2.17. The van der Waals surface area contributed by atoms with Crippen molar-refractivity contribution in [1.82, 2.24) is 14.8 Å². The van der Waals surface area contributed by atoms with Gasteiger partial charge in [0.05, 0.1) is 0 Å². The maximum atomic E-state index is 12.5. The maximum absolute atomic E-state index is 12.5. The highest BCUT2D eigenvalue weighted by atomic mass is 35.5. The minimum absolute atomic E-state index is 0.0457. The van der Waals surface area contributed by atoms with E-state index in [9.17, 15) is 9.59 Å². The van der Waals surface area contributed by atoms with Gasteiger partial charge in [-0.15, -0.1) is 10.2 Å². The van der Waals surface area contributed by atoms with Crippen molar-refractivity contribution >= 4 is 23.2 Å². The lowest BCUT2D eigenvalue weighted by Gasteiger charge is -2.10. The molecule has 1 saturated carbocycles. The average molecular weight is 402 g/mol. The van der Waals surface area contributed by atoms with E-state index in [1.165, 1.54) is 0 Å². The number of ketones is 2. The molecule has 0 atom stereocenters. The summed E-state index contributed by atoms with van der Waals surface area (Å²) in [6, 6.07) is 6.11. The molecule has 0 aliphatic heterocycles. The lowest BCUT2D eigenvalue weighted by atomic mass is 10.0. The van der Waals surface area contributed by atoms with E-state index in [0.717, 1.165) is 35.6 Å². The molecule has 5 nitrogen and oxygen atoms in total. The Morgan fingerprint density at radius 3 is 2.39 bits per heavy atom. The second-order valence-corrected chi connectivity index (χ2v) is 8.40. The van der Waals surface area contributed by atoms with Crippen LogP contribution in [0.25, 0.3) is 0 Å². The SMILES string of the molecule is Cc1c(Cl)cccc1CC(=O)CCc1nnc(CCC(=O)C(C)C)n1C1CC1. The van der Waals surface area contributed by atoms with E-state index < -0.39 is 0 Å². The fraction of sp³-hybridized carbons (Fsp3) is 0.545. The van der Waals surface area contributed by atoms with Crippen molar-refractivity contribution in [3.05, 3.63) is 46.0 Å². The van der Waals surface area contributed by atoms with Crippen LogP contribution in [0.2, 0.25) is 5.02 Å². The first-order valence-electron chi connectivity index (χ1n) is 10.1. The van der Waals surface area contributed by atoms with Crippen molar-refractivity contribution in [2.75, 3.05) is 0 Å². The number of aryl methyl sites for hydroxylation is 2. The highest BCUT2D eigenvalue weighted by Gasteiger charge is 2.29. The number of halogens is 1. The summed E-state index contributed by atoms with van der Waals surface area (Å²) in [4.78, 5) is 24.4. The van der Waals surface area contributed by atoms with Crippen LogP contribution in [0.1, 0.15) is 68.3 Å². The van der Waals surface area contributed by atoms with Crippen LogP contribution in [-0.2, 0) is 28.9 Å². The van der Waals surface area contributed by atoms with Crippen LogP contribution in [0.15, 0.2) is 18.2 Å². The summed E-state index contributed by atoms with van der Waals surface area (Å²) in [5.41, 5.74) is 1.95. The highest BCUT2D eigenvalue weighted by molar-refractivity contribution is 6.31. The van der Waals surface area contributed by atoms with Gasteiger partial charge in [-0.05, 0) is 37.0 Å². The second kappa shape index (κ2) is 8.99. The van der Waals surface area contributed by atoms with Gasteiger partial charge in [0.25, 0.3) is 0 Å². The molecule has 0 bridgehead atoms. The molecule has 0 amide bonds. The molecular weight excluding hydrogens is 374 g/mol. The number of carbonyl (C=O) groups is 2. The van der Waals surface area contributed by atoms with Crippen molar-refractivity contribution in [2.45, 2.75) is 71.8 Å². The molecule has 3 rings (SSSR count). The number of hydrogen-bond donors (Lipinski definition) is 0. The van der Waals surface area contributed by atoms with Gasteiger partial charge < -0.3 is 4.57 Å². The largest absolute Gasteiger partial charge is 0.312 e. The monoisotopic (exact) mass is 401 g/mol. The van der Waals surface area contributed by atoms with E-state index in [1.54, 1.807) is 0 Å². The van der Waals surface area contributed by atoms with Crippen molar-refractivity contribution in [1.29, 1.82) is 0 Å². The molecule has 0 saturated heterocycles. The van der Waals surface area contributed by atoms with Crippen molar-refractivity contribution in [3.63, 3.8) is 0 Å². The molecule has 0 spiro atoms. The first-order chi connectivity index (χ1) is 13.4. The molecule has 1 fully saturated rings. The number of Topliss-reactive ketones (excluding diaryl/α,β-unsaturated/α-hetero) is 2. The predicted molar refractivity (Wildman–Crippen MR) is 110 cm³/mol. The molecule has 2 aromatic rings. The van der Waals surface area contributed by atoms with Gasteiger partial charge in [-0.3, -0.25) is 9.59 Å². The van der Waals surface area contributed by atoms with Crippen LogP contribution in [0.5, 0.6) is 0 Å². The average Bonchev–Trinajstić information content (AvgIpc) is 3.42. The van der Waals surface area contributed by atoms with Gasteiger partial charge in [-0.25, -0.2) is 0 Å². The number of hydrogen-bond acceptors (Lipinski definition) is 4. The quantitative estimate of drug-likeness (QED) is 0.588. The molecule has 1 aliphatic carbocycles. The lowest BCUT2D eigenvalue weighted by molar-refractivity contribution is -0.122. The van der Waals surface area contributed by atoms with Gasteiger partial charge >= 0.3 is 0 Å².